The molecule has 0 unspecified atom stereocenters. The van der Waals surface area contributed by atoms with Crippen molar-refractivity contribution < 1.29 is 41.7 Å². The quantitative estimate of drug-likeness (QED) is 0.225. The highest BCUT2D eigenvalue weighted by molar-refractivity contribution is 6.27. The van der Waals surface area contributed by atoms with Crippen LogP contribution < -0.4 is 28.7 Å². The smallest absolute Gasteiger partial charge is 0.493 e. The van der Waals surface area contributed by atoms with Gasteiger partial charge in [-0.15, -0.1) is 13.2 Å². The van der Waals surface area contributed by atoms with Crippen LogP contribution in [0.2, 0.25) is 0 Å². The van der Waals surface area contributed by atoms with Crippen LogP contribution in [0, 0.1) is 0 Å². The van der Waals surface area contributed by atoms with E-state index in [1.165, 1.54) is 26.4 Å². The van der Waals surface area contributed by atoms with Gasteiger partial charge in [-0.2, -0.15) is 0 Å². The summed E-state index contributed by atoms with van der Waals surface area (Å²) in [4.78, 5) is 32.6. The Kier molecular flexibility index (Phi) is 7.31. The number of methoxy groups -OCH3 is 2. The predicted molar refractivity (Wildman–Crippen MR) is 144 cm³/mol. The van der Waals surface area contributed by atoms with E-state index < -0.39 is 24.1 Å². The Balaban J connectivity index is 1.43. The molecular weight excluding hydrogens is 543 g/mol. The lowest BCUT2D eigenvalue weighted by Crippen LogP contribution is -2.33. The molecule has 4 aromatic rings. The number of imide groups is 1. The van der Waals surface area contributed by atoms with Gasteiger partial charge in [-0.3, -0.25) is 14.7 Å². The van der Waals surface area contributed by atoms with Crippen LogP contribution in [0.25, 0.3) is 10.9 Å². The molecule has 3 aromatic carbocycles. The second-order valence-corrected chi connectivity index (χ2v) is 8.92. The fourth-order valence-electron chi connectivity index (χ4n) is 4.54. The molecule has 1 saturated heterocycles. The van der Waals surface area contributed by atoms with E-state index in [9.17, 15) is 22.8 Å². The largest absolute Gasteiger partial charge is 0.573 e. The number of nitrogens with zero attached hydrogens (tertiary/aromatic N) is 3. The number of rotatable bonds is 8. The topological polar surface area (TPSA) is 90.4 Å². The fraction of sp³-hybridized carbons (Fsp3) is 0.207. The highest BCUT2D eigenvalue weighted by Crippen LogP contribution is 2.39. The summed E-state index contributed by atoms with van der Waals surface area (Å²) >= 11 is 0. The zero-order valence-corrected chi connectivity index (χ0v) is 22.2. The maximum Gasteiger partial charge on any atom is 0.573 e. The van der Waals surface area contributed by atoms with Crippen LogP contribution in [0.15, 0.2) is 66.9 Å². The van der Waals surface area contributed by atoms with Gasteiger partial charge in [-0.05, 0) is 54.4 Å². The Morgan fingerprint density at radius 1 is 0.878 bits per heavy atom. The third kappa shape index (κ3) is 5.53. The molecule has 0 bridgehead atoms. The van der Waals surface area contributed by atoms with Crippen molar-refractivity contribution in [1.82, 2.24) is 4.98 Å². The first kappa shape index (κ1) is 27.6. The summed E-state index contributed by atoms with van der Waals surface area (Å²) < 4.78 is 59.0. The number of carbonyl (C=O) groups excluding carboxylic acids is 2. The van der Waals surface area contributed by atoms with Crippen molar-refractivity contribution in [3.8, 4) is 28.7 Å². The van der Waals surface area contributed by atoms with Crippen molar-refractivity contribution >= 4 is 34.2 Å². The summed E-state index contributed by atoms with van der Waals surface area (Å²) in [6, 6.07) is 14.3. The standard InChI is InChI=1S/C29H24F3N3O6/c1-4-17-12-19(35-27(36)16-34(28(35)37)18-6-5-7-20(13-18)41-29(30,31)32)8-9-23(17)40-24-10-11-33-22-15-26(39-3)25(38-2)14-21(22)24/h5-15H,4,16H2,1-3H3. The number of hydrogen-bond donors (Lipinski definition) is 0. The van der Waals surface area contributed by atoms with E-state index in [1.54, 1.807) is 42.6 Å². The highest BCUT2D eigenvalue weighted by atomic mass is 19.4. The summed E-state index contributed by atoms with van der Waals surface area (Å²) in [7, 11) is 3.07. The van der Waals surface area contributed by atoms with Crippen LogP contribution in [0.5, 0.6) is 28.7 Å². The Morgan fingerprint density at radius 2 is 1.63 bits per heavy atom. The minimum Gasteiger partial charge on any atom is -0.493 e. The summed E-state index contributed by atoms with van der Waals surface area (Å²) in [5.41, 5.74) is 1.75. The molecular formula is C29H24F3N3O6. The van der Waals surface area contributed by atoms with Crippen LogP contribution in [0.3, 0.4) is 0 Å². The second-order valence-electron chi connectivity index (χ2n) is 8.92. The van der Waals surface area contributed by atoms with E-state index in [1.807, 2.05) is 6.92 Å². The molecule has 0 N–H and O–H groups in total. The Bertz CT molecular complexity index is 1640. The van der Waals surface area contributed by atoms with Gasteiger partial charge in [0.05, 0.1) is 25.4 Å². The first-order valence-corrected chi connectivity index (χ1v) is 12.4. The number of amides is 3. The van der Waals surface area contributed by atoms with Gasteiger partial charge in [-0.25, -0.2) is 9.69 Å². The van der Waals surface area contributed by atoms with Crippen LogP contribution in [-0.2, 0) is 11.2 Å². The number of ether oxygens (including phenoxy) is 4. The van der Waals surface area contributed by atoms with Crippen LogP contribution in [0.1, 0.15) is 12.5 Å². The van der Waals surface area contributed by atoms with Gasteiger partial charge in [0.2, 0.25) is 0 Å². The Labute approximate surface area is 232 Å². The lowest BCUT2D eigenvalue weighted by molar-refractivity contribution is -0.274. The molecule has 2 heterocycles. The normalized spacial score (nSPS) is 13.6. The summed E-state index contributed by atoms with van der Waals surface area (Å²) in [6.07, 6.45) is -2.77. The van der Waals surface area contributed by atoms with Crippen LogP contribution >= 0.6 is 0 Å². The van der Waals surface area contributed by atoms with Crippen molar-refractivity contribution in [3.63, 3.8) is 0 Å². The first-order valence-electron chi connectivity index (χ1n) is 12.4. The molecule has 1 aromatic heterocycles. The first-order chi connectivity index (χ1) is 19.6. The zero-order chi connectivity index (χ0) is 29.3. The van der Waals surface area contributed by atoms with Crippen molar-refractivity contribution in [3.05, 3.63) is 72.4 Å². The highest BCUT2D eigenvalue weighted by Gasteiger charge is 2.39. The molecule has 41 heavy (non-hydrogen) atoms. The van der Waals surface area contributed by atoms with Crippen LogP contribution in [0.4, 0.5) is 29.3 Å². The minimum atomic E-state index is -4.89. The molecule has 1 aliphatic rings. The number of urea groups is 1. The minimum absolute atomic E-state index is 0.0971. The van der Waals surface area contributed by atoms with E-state index in [0.717, 1.165) is 21.9 Å². The van der Waals surface area contributed by atoms with Gasteiger partial charge in [0.25, 0.3) is 5.91 Å². The van der Waals surface area contributed by atoms with Gasteiger partial charge < -0.3 is 18.9 Å². The monoisotopic (exact) mass is 567 g/mol. The molecule has 212 valence electrons. The number of benzene rings is 3. The Hall–Kier alpha value is -5.00. The molecule has 5 rings (SSSR count). The van der Waals surface area contributed by atoms with E-state index in [2.05, 4.69) is 9.72 Å². The number of hydrogen-bond acceptors (Lipinski definition) is 7. The van der Waals surface area contributed by atoms with E-state index >= 15 is 0 Å². The Morgan fingerprint density at radius 3 is 2.34 bits per heavy atom. The van der Waals surface area contributed by atoms with Gasteiger partial charge in [-0.1, -0.05) is 13.0 Å². The molecule has 0 radical (unpaired) electrons. The summed E-state index contributed by atoms with van der Waals surface area (Å²) in [5.74, 6) is 1.02. The number of aryl methyl sites for hydroxylation is 1. The van der Waals surface area contributed by atoms with E-state index in [4.69, 9.17) is 14.2 Å². The van der Waals surface area contributed by atoms with Gasteiger partial charge in [0, 0.05) is 29.4 Å². The SMILES string of the molecule is CCc1cc(N2C(=O)CN(c3cccc(OC(F)(F)F)c3)C2=O)ccc1Oc1ccnc2cc(OC)c(OC)cc12. The number of fused-ring (bicyclic) bond motifs is 1. The molecule has 1 aliphatic heterocycles. The van der Waals surface area contributed by atoms with E-state index in [0.29, 0.717) is 51.6 Å². The third-order valence-electron chi connectivity index (χ3n) is 6.44. The van der Waals surface area contributed by atoms with Crippen molar-refractivity contribution in [2.24, 2.45) is 0 Å². The van der Waals surface area contributed by atoms with Gasteiger partial charge in [0.1, 0.15) is 23.8 Å². The number of anilines is 2. The lowest BCUT2D eigenvalue weighted by Gasteiger charge is -2.20. The summed E-state index contributed by atoms with van der Waals surface area (Å²) in [5, 5.41) is 0.688. The molecule has 0 atom stereocenters. The van der Waals surface area contributed by atoms with Crippen molar-refractivity contribution in [2.45, 2.75) is 19.7 Å². The van der Waals surface area contributed by atoms with Crippen molar-refractivity contribution in [1.29, 1.82) is 0 Å². The number of aromatic nitrogens is 1. The molecule has 9 nitrogen and oxygen atoms in total. The third-order valence-corrected chi connectivity index (χ3v) is 6.44. The fourth-order valence-corrected chi connectivity index (χ4v) is 4.54. The number of carbonyl (C=O) groups is 2. The molecule has 0 aliphatic carbocycles. The molecule has 1 fully saturated rings. The average Bonchev–Trinajstić information content (AvgIpc) is 3.25. The van der Waals surface area contributed by atoms with Gasteiger partial charge >= 0.3 is 12.4 Å². The summed E-state index contributed by atoms with van der Waals surface area (Å²) in [6.45, 7) is 1.55. The zero-order valence-electron chi connectivity index (χ0n) is 22.2. The predicted octanol–water partition coefficient (Wildman–Crippen LogP) is 6.48. The second kappa shape index (κ2) is 10.9. The molecule has 0 spiro atoms. The lowest BCUT2D eigenvalue weighted by atomic mass is 10.1. The maximum absolute atomic E-state index is 13.3. The molecule has 12 heteroatoms. The number of alkyl halides is 3. The van der Waals surface area contributed by atoms with Crippen molar-refractivity contribution in [2.75, 3.05) is 30.6 Å². The van der Waals surface area contributed by atoms with Gasteiger partial charge in [0.15, 0.2) is 11.5 Å². The molecule has 0 saturated carbocycles. The van der Waals surface area contributed by atoms with E-state index in [-0.39, 0.29) is 12.2 Å². The maximum atomic E-state index is 13.3. The average molecular weight is 568 g/mol. The number of pyridine rings is 1. The molecule has 3 amide bonds. The number of halogens is 3. The van der Waals surface area contributed by atoms with Crippen LogP contribution in [-0.4, -0.2) is 44.0 Å².